The Morgan fingerprint density at radius 1 is 1.44 bits per heavy atom. The van der Waals surface area contributed by atoms with Crippen molar-refractivity contribution in [3.05, 3.63) is 0 Å². The van der Waals surface area contributed by atoms with Gasteiger partial charge in [0.25, 0.3) is 0 Å². The fourth-order valence-electron chi connectivity index (χ4n) is 1.98. The van der Waals surface area contributed by atoms with Crippen LogP contribution in [0.1, 0.15) is 20.8 Å². The van der Waals surface area contributed by atoms with E-state index in [0.717, 1.165) is 0 Å². The molecule has 0 aromatic heterocycles. The number of hydrogen-bond acceptors (Lipinski definition) is 4. The second-order valence-corrected chi connectivity index (χ2v) is 5.53. The Labute approximate surface area is 94.7 Å². The SMILES string of the molecule is CC(C)(C)OC(=O)N1CC2(COCC2=O)C1. The maximum Gasteiger partial charge on any atom is 0.410 e. The van der Waals surface area contributed by atoms with Crippen molar-refractivity contribution in [2.24, 2.45) is 5.41 Å². The van der Waals surface area contributed by atoms with Crippen LogP contribution in [0.15, 0.2) is 0 Å². The molecule has 2 aliphatic rings. The van der Waals surface area contributed by atoms with Crippen molar-refractivity contribution in [2.45, 2.75) is 26.4 Å². The summed E-state index contributed by atoms with van der Waals surface area (Å²) in [7, 11) is 0. The number of amides is 1. The second kappa shape index (κ2) is 3.45. The third-order valence-electron chi connectivity index (χ3n) is 2.84. The summed E-state index contributed by atoms with van der Waals surface area (Å²) in [6.07, 6.45) is -0.349. The van der Waals surface area contributed by atoms with Crippen LogP contribution >= 0.6 is 0 Å². The predicted octanol–water partition coefficient (Wildman–Crippen LogP) is 0.823. The lowest BCUT2D eigenvalue weighted by Crippen LogP contribution is -2.62. The summed E-state index contributed by atoms with van der Waals surface area (Å²) >= 11 is 0. The molecule has 0 aromatic carbocycles. The van der Waals surface area contributed by atoms with E-state index in [1.165, 1.54) is 0 Å². The number of hydrogen-bond donors (Lipinski definition) is 0. The molecule has 2 fully saturated rings. The zero-order chi connectivity index (χ0) is 12.0. The van der Waals surface area contributed by atoms with Crippen LogP contribution in [-0.4, -0.2) is 48.7 Å². The van der Waals surface area contributed by atoms with Crippen molar-refractivity contribution >= 4 is 11.9 Å². The van der Waals surface area contributed by atoms with Gasteiger partial charge in [0.05, 0.1) is 12.0 Å². The first kappa shape index (κ1) is 11.4. The summed E-state index contributed by atoms with van der Waals surface area (Å²) in [4.78, 5) is 24.7. The van der Waals surface area contributed by atoms with E-state index in [4.69, 9.17) is 9.47 Å². The van der Waals surface area contributed by atoms with Gasteiger partial charge >= 0.3 is 6.09 Å². The maximum atomic E-state index is 11.6. The largest absolute Gasteiger partial charge is 0.444 e. The number of carbonyl (C=O) groups excluding carboxylic acids is 2. The lowest BCUT2D eigenvalue weighted by Gasteiger charge is -2.45. The number of ketones is 1. The molecule has 5 nitrogen and oxygen atoms in total. The van der Waals surface area contributed by atoms with Gasteiger partial charge < -0.3 is 14.4 Å². The maximum absolute atomic E-state index is 11.6. The molecular weight excluding hydrogens is 210 g/mol. The molecule has 2 saturated heterocycles. The average Bonchev–Trinajstić information content (AvgIpc) is 2.40. The Kier molecular flexibility index (Phi) is 2.45. The van der Waals surface area contributed by atoms with Gasteiger partial charge in [-0.25, -0.2) is 4.79 Å². The van der Waals surface area contributed by atoms with Crippen molar-refractivity contribution in [1.82, 2.24) is 4.90 Å². The summed E-state index contributed by atoms with van der Waals surface area (Å²) < 4.78 is 10.3. The molecule has 2 rings (SSSR count). The smallest absolute Gasteiger partial charge is 0.410 e. The van der Waals surface area contributed by atoms with Gasteiger partial charge in [0.1, 0.15) is 12.2 Å². The number of likely N-dealkylation sites (tertiary alicyclic amines) is 1. The molecule has 1 amide bonds. The van der Waals surface area contributed by atoms with Crippen LogP contribution in [0.2, 0.25) is 0 Å². The summed E-state index contributed by atoms with van der Waals surface area (Å²) in [5.41, 5.74) is -0.924. The van der Waals surface area contributed by atoms with Crippen molar-refractivity contribution in [3.63, 3.8) is 0 Å². The number of nitrogens with zero attached hydrogens (tertiary/aromatic N) is 1. The molecule has 0 aromatic rings. The van der Waals surface area contributed by atoms with E-state index >= 15 is 0 Å². The van der Waals surface area contributed by atoms with Crippen molar-refractivity contribution < 1.29 is 19.1 Å². The van der Waals surface area contributed by atoms with Gasteiger partial charge in [-0.15, -0.1) is 0 Å². The number of ether oxygens (including phenoxy) is 2. The standard InChI is InChI=1S/C11H17NO4/c1-10(2,3)16-9(14)12-5-11(6-12)7-15-4-8(11)13/h4-7H2,1-3H3. The molecule has 2 heterocycles. The fraction of sp³-hybridized carbons (Fsp3) is 0.818. The molecule has 0 aliphatic carbocycles. The average molecular weight is 227 g/mol. The first-order valence-electron chi connectivity index (χ1n) is 5.41. The second-order valence-electron chi connectivity index (χ2n) is 5.53. The van der Waals surface area contributed by atoms with Crippen LogP contribution < -0.4 is 0 Å². The molecular formula is C11H17NO4. The summed E-state index contributed by atoms with van der Waals surface area (Å²) in [5, 5.41) is 0. The van der Waals surface area contributed by atoms with Crippen LogP contribution in [0.4, 0.5) is 4.79 Å². The molecule has 90 valence electrons. The quantitative estimate of drug-likeness (QED) is 0.615. The lowest BCUT2D eigenvalue weighted by molar-refractivity contribution is -0.132. The van der Waals surface area contributed by atoms with E-state index in [1.54, 1.807) is 4.90 Å². The highest BCUT2D eigenvalue weighted by atomic mass is 16.6. The minimum atomic E-state index is -0.490. The summed E-state index contributed by atoms with van der Waals surface area (Å²) in [6, 6.07) is 0. The normalized spacial score (nSPS) is 23.4. The first-order valence-corrected chi connectivity index (χ1v) is 5.41. The van der Waals surface area contributed by atoms with Crippen molar-refractivity contribution in [2.75, 3.05) is 26.3 Å². The lowest BCUT2D eigenvalue weighted by atomic mass is 9.78. The van der Waals surface area contributed by atoms with E-state index in [1.807, 2.05) is 20.8 Å². The highest BCUT2D eigenvalue weighted by Crippen LogP contribution is 2.36. The van der Waals surface area contributed by atoms with Gasteiger partial charge in [0.15, 0.2) is 5.78 Å². The van der Waals surface area contributed by atoms with Gasteiger partial charge in [-0.05, 0) is 20.8 Å². The molecule has 16 heavy (non-hydrogen) atoms. The molecule has 0 unspecified atom stereocenters. The van der Waals surface area contributed by atoms with E-state index in [-0.39, 0.29) is 18.5 Å². The van der Waals surface area contributed by atoms with Crippen LogP contribution in [-0.2, 0) is 14.3 Å². The van der Waals surface area contributed by atoms with Crippen LogP contribution in [0.3, 0.4) is 0 Å². The van der Waals surface area contributed by atoms with Gasteiger partial charge in [-0.2, -0.15) is 0 Å². The zero-order valence-electron chi connectivity index (χ0n) is 9.91. The minimum Gasteiger partial charge on any atom is -0.444 e. The van der Waals surface area contributed by atoms with Gasteiger partial charge in [-0.3, -0.25) is 4.79 Å². The fourth-order valence-corrected chi connectivity index (χ4v) is 1.98. The Morgan fingerprint density at radius 2 is 2.06 bits per heavy atom. The highest BCUT2D eigenvalue weighted by molar-refractivity contribution is 5.90. The molecule has 0 N–H and O–H groups in total. The predicted molar refractivity (Wildman–Crippen MR) is 56.1 cm³/mol. The monoisotopic (exact) mass is 227 g/mol. The Bertz CT molecular complexity index is 325. The Hall–Kier alpha value is -1.10. The summed E-state index contributed by atoms with van der Waals surface area (Å²) in [6.45, 7) is 6.95. The van der Waals surface area contributed by atoms with Crippen molar-refractivity contribution in [3.8, 4) is 0 Å². The van der Waals surface area contributed by atoms with Crippen LogP contribution in [0.25, 0.3) is 0 Å². The Balaban J connectivity index is 1.88. The Morgan fingerprint density at radius 3 is 2.50 bits per heavy atom. The number of Topliss-reactive ketones (excluding diaryl/α,β-unsaturated/α-hetero) is 1. The molecule has 5 heteroatoms. The molecule has 0 saturated carbocycles. The highest BCUT2D eigenvalue weighted by Gasteiger charge is 2.54. The molecule has 0 bridgehead atoms. The van der Waals surface area contributed by atoms with Gasteiger partial charge in [0, 0.05) is 13.1 Å². The molecule has 0 radical (unpaired) electrons. The molecule has 0 atom stereocenters. The number of carbonyl (C=O) groups is 2. The third-order valence-corrected chi connectivity index (χ3v) is 2.84. The van der Waals surface area contributed by atoms with Crippen LogP contribution in [0.5, 0.6) is 0 Å². The summed E-state index contributed by atoms with van der Waals surface area (Å²) in [5.74, 6) is 0.104. The van der Waals surface area contributed by atoms with E-state index in [0.29, 0.717) is 19.7 Å². The number of rotatable bonds is 0. The van der Waals surface area contributed by atoms with Crippen molar-refractivity contribution in [1.29, 1.82) is 0 Å². The zero-order valence-corrected chi connectivity index (χ0v) is 9.91. The van der Waals surface area contributed by atoms with E-state index in [9.17, 15) is 9.59 Å². The molecule has 2 aliphatic heterocycles. The van der Waals surface area contributed by atoms with Crippen LogP contribution in [0, 0.1) is 5.41 Å². The van der Waals surface area contributed by atoms with E-state index < -0.39 is 11.0 Å². The van der Waals surface area contributed by atoms with E-state index in [2.05, 4.69) is 0 Å². The van der Waals surface area contributed by atoms with Gasteiger partial charge in [0.2, 0.25) is 0 Å². The topological polar surface area (TPSA) is 55.8 Å². The molecule has 1 spiro atoms. The first-order chi connectivity index (χ1) is 7.32. The third kappa shape index (κ3) is 1.91. The van der Waals surface area contributed by atoms with Gasteiger partial charge in [-0.1, -0.05) is 0 Å². The minimum absolute atomic E-state index is 0.104.